The van der Waals surface area contributed by atoms with Crippen molar-refractivity contribution >= 4 is 45.2 Å². The molecule has 9 heteroatoms. The van der Waals surface area contributed by atoms with Gasteiger partial charge in [0.1, 0.15) is 12.1 Å². The fraction of sp³-hybridized carbons (Fsp3) is 0.333. The molecule has 0 aromatic heterocycles. The number of nitrogens with two attached hydrogens (primary N) is 1. The van der Waals surface area contributed by atoms with Crippen molar-refractivity contribution in [3.63, 3.8) is 0 Å². The van der Waals surface area contributed by atoms with Gasteiger partial charge in [-0.1, -0.05) is 84.9 Å². The van der Waals surface area contributed by atoms with Crippen LogP contribution in [0.3, 0.4) is 0 Å². The van der Waals surface area contributed by atoms with E-state index in [1.165, 1.54) is 0 Å². The SMILES string of the molecule is NC(=O)CCCNC(=O)C(Cc1ccc2ccccc2c1)NC(=O)C(Cc1ccc2ccccc2c1)NC(=O)C1CCNCC1. The minimum absolute atomic E-state index is 0.151. The molecule has 1 fully saturated rings. The molecule has 1 saturated heterocycles. The maximum Gasteiger partial charge on any atom is 0.243 e. The number of carbonyl (C=O) groups excluding carboxylic acids is 4. The van der Waals surface area contributed by atoms with Crippen LogP contribution in [-0.2, 0) is 32.0 Å². The number of piperidine rings is 1. The van der Waals surface area contributed by atoms with Gasteiger partial charge in [0.15, 0.2) is 0 Å². The predicted octanol–water partition coefficient (Wildman–Crippen LogP) is 3.13. The van der Waals surface area contributed by atoms with Gasteiger partial charge in [0.2, 0.25) is 23.6 Å². The summed E-state index contributed by atoms with van der Waals surface area (Å²) in [6.45, 7) is 1.76. The molecule has 1 aliphatic heterocycles. The Labute approximate surface area is 263 Å². The lowest BCUT2D eigenvalue weighted by molar-refractivity contribution is -0.133. The standard InChI is InChI=1S/C36H41N5O4/c37-33(42)10-5-17-39-35(44)31(22-24-11-13-26-6-1-3-8-29(26)20-24)41-36(45)32(40-34(43)28-15-18-38-19-16-28)23-25-12-14-27-7-2-4-9-30(27)21-25/h1-4,6-9,11-14,20-21,28,31-32,38H,5,10,15-19,22-23H2,(H2,37,42)(H,39,44)(H,40,43)(H,41,45). The van der Waals surface area contributed by atoms with Gasteiger partial charge in [-0.3, -0.25) is 19.2 Å². The molecule has 1 aliphatic rings. The number of amides is 4. The number of primary amides is 1. The average Bonchev–Trinajstić information content (AvgIpc) is 3.06. The molecule has 4 amide bonds. The summed E-state index contributed by atoms with van der Waals surface area (Å²) in [5.41, 5.74) is 7.05. The fourth-order valence-corrected chi connectivity index (χ4v) is 5.86. The van der Waals surface area contributed by atoms with Gasteiger partial charge in [-0.15, -0.1) is 0 Å². The van der Waals surface area contributed by atoms with E-state index >= 15 is 0 Å². The highest BCUT2D eigenvalue weighted by atomic mass is 16.2. The third-order valence-corrected chi connectivity index (χ3v) is 8.38. The van der Waals surface area contributed by atoms with Gasteiger partial charge in [0, 0.05) is 31.7 Å². The predicted molar refractivity (Wildman–Crippen MR) is 176 cm³/mol. The molecule has 0 bridgehead atoms. The van der Waals surface area contributed by atoms with Crippen molar-refractivity contribution in [2.45, 2.75) is 50.6 Å². The molecule has 0 radical (unpaired) electrons. The third-order valence-electron chi connectivity index (χ3n) is 8.38. The van der Waals surface area contributed by atoms with Crippen LogP contribution < -0.4 is 27.0 Å². The Morgan fingerprint density at radius 3 is 1.80 bits per heavy atom. The largest absolute Gasteiger partial charge is 0.370 e. The van der Waals surface area contributed by atoms with E-state index in [0.717, 1.165) is 45.8 Å². The quantitative estimate of drug-likeness (QED) is 0.149. The highest BCUT2D eigenvalue weighted by Crippen LogP contribution is 2.19. The van der Waals surface area contributed by atoms with E-state index < -0.39 is 23.9 Å². The summed E-state index contributed by atoms with van der Waals surface area (Å²) in [6.07, 6.45) is 2.48. The van der Waals surface area contributed by atoms with Gasteiger partial charge >= 0.3 is 0 Å². The van der Waals surface area contributed by atoms with Crippen molar-refractivity contribution in [3.8, 4) is 0 Å². The normalized spacial score (nSPS) is 14.8. The second-order valence-electron chi connectivity index (χ2n) is 11.8. The van der Waals surface area contributed by atoms with E-state index in [4.69, 9.17) is 5.73 Å². The number of nitrogens with one attached hydrogen (secondary N) is 4. The zero-order chi connectivity index (χ0) is 31.6. The first-order chi connectivity index (χ1) is 21.9. The summed E-state index contributed by atoms with van der Waals surface area (Å²) >= 11 is 0. The highest BCUT2D eigenvalue weighted by molar-refractivity contribution is 5.93. The third kappa shape index (κ3) is 8.89. The first-order valence-electron chi connectivity index (χ1n) is 15.7. The van der Waals surface area contributed by atoms with E-state index in [1.54, 1.807) is 0 Å². The molecule has 234 valence electrons. The van der Waals surface area contributed by atoms with Crippen molar-refractivity contribution in [3.05, 3.63) is 96.1 Å². The summed E-state index contributed by atoms with van der Waals surface area (Å²) in [5.74, 6) is -1.57. The number of benzene rings is 4. The zero-order valence-electron chi connectivity index (χ0n) is 25.4. The van der Waals surface area contributed by atoms with Gasteiger partial charge < -0.3 is 27.0 Å². The van der Waals surface area contributed by atoms with Crippen LogP contribution in [0.25, 0.3) is 21.5 Å². The molecule has 0 saturated carbocycles. The summed E-state index contributed by atoms with van der Waals surface area (Å²) in [7, 11) is 0. The molecule has 9 nitrogen and oxygen atoms in total. The Bertz CT molecular complexity index is 1670. The lowest BCUT2D eigenvalue weighted by Gasteiger charge is -2.27. The molecule has 4 aromatic rings. The number of hydrogen-bond acceptors (Lipinski definition) is 5. The zero-order valence-corrected chi connectivity index (χ0v) is 25.4. The summed E-state index contributed by atoms with van der Waals surface area (Å²) < 4.78 is 0. The van der Waals surface area contributed by atoms with Crippen molar-refractivity contribution in [2.24, 2.45) is 11.7 Å². The molecule has 0 spiro atoms. The highest BCUT2D eigenvalue weighted by Gasteiger charge is 2.30. The second kappa shape index (κ2) is 15.3. The molecular weight excluding hydrogens is 566 g/mol. The van der Waals surface area contributed by atoms with Crippen LogP contribution in [0.15, 0.2) is 84.9 Å². The topological polar surface area (TPSA) is 142 Å². The minimum Gasteiger partial charge on any atom is -0.370 e. The van der Waals surface area contributed by atoms with Crippen molar-refractivity contribution in [2.75, 3.05) is 19.6 Å². The molecular formula is C36H41N5O4. The molecule has 6 N–H and O–H groups in total. The number of hydrogen-bond donors (Lipinski definition) is 5. The summed E-state index contributed by atoms with van der Waals surface area (Å²) in [4.78, 5) is 52.0. The first kappa shape index (κ1) is 31.7. The fourth-order valence-electron chi connectivity index (χ4n) is 5.86. The maximum atomic E-state index is 14.0. The average molecular weight is 608 g/mol. The summed E-state index contributed by atoms with van der Waals surface area (Å²) in [5, 5.41) is 16.3. The van der Waals surface area contributed by atoms with Crippen LogP contribution in [0.1, 0.15) is 36.8 Å². The monoisotopic (exact) mass is 607 g/mol. The Hall–Kier alpha value is -4.76. The molecule has 45 heavy (non-hydrogen) atoms. The van der Waals surface area contributed by atoms with E-state index in [0.29, 0.717) is 19.3 Å². The van der Waals surface area contributed by atoms with Crippen LogP contribution in [0.5, 0.6) is 0 Å². The molecule has 0 aliphatic carbocycles. The smallest absolute Gasteiger partial charge is 0.243 e. The Morgan fingerprint density at radius 2 is 1.24 bits per heavy atom. The Balaban J connectivity index is 1.37. The molecule has 4 aromatic carbocycles. The van der Waals surface area contributed by atoms with Crippen LogP contribution in [0, 0.1) is 5.92 Å². The molecule has 2 unspecified atom stereocenters. The van der Waals surface area contributed by atoms with E-state index in [9.17, 15) is 19.2 Å². The van der Waals surface area contributed by atoms with E-state index in [-0.39, 0.29) is 43.5 Å². The first-order valence-corrected chi connectivity index (χ1v) is 15.7. The van der Waals surface area contributed by atoms with Crippen LogP contribution in [-0.4, -0.2) is 55.3 Å². The van der Waals surface area contributed by atoms with Crippen LogP contribution in [0.2, 0.25) is 0 Å². The van der Waals surface area contributed by atoms with Gasteiger partial charge in [0.05, 0.1) is 0 Å². The molecule has 5 rings (SSSR count). The molecule has 2 atom stereocenters. The van der Waals surface area contributed by atoms with Gasteiger partial charge in [-0.2, -0.15) is 0 Å². The number of carbonyl (C=O) groups is 4. The van der Waals surface area contributed by atoms with Crippen LogP contribution in [0.4, 0.5) is 0 Å². The van der Waals surface area contributed by atoms with Crippen molar-refractivity contribution < 1.29 is 19.2 Å². The van der Waals surface area contributed by atoms with Gasteiger partial charge in [0.25, 0.3) is 0 Å². The van der Waals surface area contributed by atoms with Crippen molar-refractivity contribution in [1.82, 2.24) is 21.3 Å². The van der Waals surface area contributed by atoms with Gasteiger partial charge in [-0.05, 0) is 65.0 Å². The number of rotatable bonds is 13. The number of fused-ring (bicyclic) bond motifs is 2. The Morgan fingerprint density at radius 1 is 0.711 bits per heavy atom. The maximum absolute atomic E-state index is 14.0. The minimum atomic E-state index is -0.901. The van der Waals surface area contributed by atoms with Gasteiger partial charge in [-0.25, -0.2) is 0 Å². The van der Waals surface area contributed by atoms with Crippen LogP contribution >= 0.6 is 0 Å². The second-order valence-corrected chi connectivity index (χ2v) is 11.8. The van der Waals surface area contributed by atoms with E-state index in [1.807, 2.05) is 84.9 Å². The lowest BCUT2D eigenvalue weighted by atomic mass is 9.95. The van der Waals surface area contributed by atoms with E-state index in [2.05, 4.69) is 21.3 Å². The lowest BCUT2D eigenvalue weighted by Crippen LogP contribution is -2.56. The van der Waals surface area contributed by atoms with Crippen molar-refractivity contribution in [1.29, 1.82) is 0 Å². The Kier molecular flexibility index (Phi) is 10.8. The summed E-state index contributed by atoms with van der Waals surface area (Å²) in [6, 6.07) is 26.1. The molecule has 1 heterocycles.